The zero-order chi connectivity index (χ0) is 31.3. The molecule has 0 radical (unpaired) electrons. The smallest absolute Gasteiger partial charge is 0.220 e. The van der Waals surface area contributed by atoms with Crippen molar-refractivity contribution in [3.05, 3.63) is 0 Å². The molecule has 0 spiro atoms. The Morgan fingerprint density at radius 3 is 1.86 bits per heavy atom. The Bertz CT molecular complexity index is 840. The van der Waals surface area contributed by atoms with Gasteiger partial charge in [-0.25, -0.2) is 0 Å². The van der Waals surface area contributed by atoms with Gasteiger partial charge in [0.2, 0.25) is 5.91 Å². The molecule has 0 unspecified atom stereocenters. The van der Waals surface area contributed by atoms with E-state index < -0.39 is 92.1 Å². The maximum absolute atomic E-state index is 12.4. The molecule has 0 aliphatic carbocycles. The lowest BCUT2D eigenvalue weighted by Gasteiger charge is -2.48. The van der Waals surface area contributed by atoms with Gasteiger partial charge in [0.05, 0.1) is 31.0 Å². The summed E-state index contributed by atoms with van der Waals surface area (Å²) in [5, 5.41) is 57.5. The van der Waals surface area contributed by atoms with Crippen LogP contribution < -0.4 is 11.1 Å². The number of aliphatic hydroxyl groups excluding tert-OH is 5. The summed E-state index contributed by atoms with van der Waals surface area (Å²) in [4.78, 5) is 12.4. The van der Waals surface area contributed by atoms with Gasteiger partial charge in [0.15, 0.2) is 18.9 Å². The van der Waals surface area contributed by atoms with Gasteiger partial charge < -0.3 is 69.7 Å². The zero-order valence-electron chi connectivity index (χ0n) is 25.1. The largest absolute Gasteiger partial charge is 0.388 e. The van der Waals surface area contributed by atoms with E-state index in [-0.39, 0.29) is 24.9 Å². The van der Waals surface area contributed by atoms with E-state index in [1.807, 2.05) is 13.8 Å². The zero-order valence-corrected chi connectivity index (χ0v) is 25.1. The highest BCUT2D eigenvalue weighted by molar-refractivity contribution is 5.76. The van der Waals surface area contributed by atoms with Crippen LogP contribution in [0.5, 0.6) is 0 Å². The highest BCUT2D eigenvalue weighted by atomic mass is 16.7. The molecule has 0 aromatic rings. The molecule has 1 amide bonds. The van der Waals surface area contributed by atoms with Crippen LogP contribution in [0.3, 0.4) is 0 Å². The van der Waals surface area contributed by atoms with Crippen LogP contribution in [-0.2, 0) is 38.0 Å². The number of nitrogens with two attached hydrogens (primary N) is 1. The minimum absolute atomic E-state index is 0.117. The fourth-order valence-corrected chi connectivity index (χ4v) is 5.35. The fourth-order valence-electron chi connectivity index (χ4n) is 5.35. The number of amides is 1. The summed E-state index contributed by atoms with van der Waals surface area (Å²) in [6, 6.07) is -0.793. The van der Waals surface area contributed by atoms with E-state index in [4.69, 9.17) is 38.9 Å². The van der Waals surface area contributed by atoms with E-state index in [0.717, 1.165) is 0 Å². The average molecular weight is 611 g/mol. The first-order valence-electron chi connectivity index (χ1n) is 14.6. The van der Waals surface area contributed by atoms with E-state index in [9.17, 15) is 30.3 Å². The molecule has 0 saturated carbocycles. The summed E-state index contributed by atoms with van der Waals surface area (Å²) < 4.78 is 40.1. The van der Waals surface area contributed by atoms with Crippen LogP contribution in [0, 0.1) is 5.92 Å². The number of hydrogen-bond acceptors (Lipinski definition) is 14. The third-order valence-electron chi connectivity index (χ3n) is 7.80. The third-order valence-corrected chi connectivity index (χ3v) is 7.80. The minimum atomic E-state index is -1.62. The maximum Gasteiger partial charge on any atom is 0.220 e. The Kier molecular flexibility index (Phi) is 13.3. The summed E-state index contributed by atoms with van der Waals surface area (Å²) in [7, 11) is 1.34. The van der Waals surface area contributed by atoms with Crippen molar-refractivity contribution in [1.82, 2.24) is 5.32 Å². The fraction of sp³-hybridized carbons (Fsp3) is 0.963. The predicted octanol–water partition coefficient (Wildman–Crippen LogP) is -2.29. The highest BCUT2D eigenvalue weighted by Gasteiger charge is 2.53. The molecule has 246 valence electrons. The molecule has 8 N–H and O–H groups in total. The third kappa shape index (κ3) is 8.35. The van der Waals surface area contributed by atoms with Gasteiger partial charge in [-0.05, 0) is 39.7 Å². The van der Waals surface area contributed by atoms with Gasteiger partial charge in [0.1, 0.15) is 48.8 Å². The standard InChI is InChI=1S/C27H50N2O13/c1-11(2)10-15(30)29-16-12(3)38-27(24(36-6)19(16)33)42-23-18(32)14(5)40-26(21(23)35)41-22-17(31)13(4)39-25(20(22)34)37-9-7-8-28/h11-14,16-27,31-35H,7-10,28H2,1-6H3,(H,29,30)/t12-,13+,14+,16-,17+,18+,19+,20-,21-,22-,23-,24-,25-,26+,27+/m1/s1. The molecular weight excluding hydrogens is 560 g/mol. The van der Waals surface area contributed by atoms with Crippen LogP contribution in [0.4, 0.5) is 0 Å². The monoisotopic (exact) mass is 610 g/mol. The number of carbonyl (C=O) groups is 1. The van der Waals surface area contributed by atoms with E-state index >= 15 is 0 Å². The summed E-state index contributed by atoms with van der Waals surface area (Å²) in [6.07, 6.45) is -16.1. The lowest BCUT2D eigenvalue weighted by Crippen LogP contribution is -2.67. The molecular formula is C27H50N2O13. The van der Waals surface area contributed by atoms with Crippen molar-refractivity contribution in [2.45, 2.75) is 140 Å². The molecule has 3 rings (SSSR count). The second-order valence-corrected chi connectivity index (χ2v) is 11.7. The van der Waals surface area contributed by atoms with E-state index in [2.05, 4.69) is 5.32 Å². The van der Waals surface area contributed by atoms with E-state index in [1.54, 1.807) is 13.8 Å². The Morgan fingerprint density at radius 2 is 1.31 bits per heavy atom. The maximum atomic E-state index is 12.4. The number of rotatable bonds is 12. The van der Waals surface area contributed by atoms with Gasteiger partial charge in [0, 0.05) is 13.5 Å². The number of aliphatic hydroxyl groups is 5. The predicted molar refractivity (Wildman–Crippen MR) is 145 cm³/mol. The number of methoxy groups -OCH3 is 1. The second-order valence-electron chi connectivity index (χ2n) is 11.7. The van der Waals surface area contributed by atoms with Crippen molar-refractivity contribution >= 4 is 5.91 Å². The molecule has 3 aliphatic heterocycles. The lowest BCUT2D eigenvalue weighted by atomic mass is 9.95. The number of ether oxygens (including phenoxy) is 7. The average Bonchev–Trinajstić information content (AvgIpc) is 2.92. The van der Waals surface area contributed by atoms with Crippen molar-refractivity contribution in [1.29, 1.82) is 0 Å². The molecule has 3 saturated heterocycles. The van der Waals surface area contributed by atoms with Crippen LogP contribution in [-0.4, -0.2) is 144 Å². The van der Waals surface area contributed by atoms with Gasteiger partial charge in [0.25, 0.3) is 0 Å². The van der Waals surface area contributed by atoms with Crippen LogP contribution in [0.2, 0.25) is 0 Å². The molecule has 3 heterocycles. The Hall–Kier alpha value is -1.05. The van der Waals surface area contributed by atoms with E-state index in [1.165, 1.54) is 14.0 Å². The first-order valence-corrected chi connectivity index (χ1v) is 14.6. The molecule has 0 aromatic heterocycles. The van der Waals surface area contributed by atoms with Gasteiger partial charge >= 0.3 is 0 Å². The van der Waals surface area contributed by atoms with Gasteiger partial charge in [-0.15, -0.1) is 0 Å². The SMILES string of the molecule is CO[C@H]1[C@H](O[C@@H]2[C@@H](O)[C@H](C)O[C@@H](O[C@@H]3[C@@H](O)[C@H](C)O[C@@H](OCCCN)[C@@H]3O)[C@@H]2O)O[C@H](C)[C@@H](NC(=O)CC(C)C)[C@@H]1O. The molecule has 0 bridgehead atoms. The molecule has 42 heavy (non-hydrogen) atoms. The van der Waals surface area contributed by atoms with Gasteiger partial charge in [-0.1, -0.05) is 13.8 Å². The Morgan fingerprint density at radius 1 is 0.786 bits per heavy atom. The van der Waals surface area contributed by atoms with Crippen molar-refractivity contribution in [3.63, 3.8) is 0 Å². The van der Waals surface area contributed by atoms with Gasteiger partial charge in [-0.2, -0.15) is 0 Å². The van der Waals surface area contributed by atoms with Crippen molar-refractivity contribution in [2.24, 2.45) is 11.7 Å². The topological polar surface area (TPSA) is 221 Å². The molecule has 15 nitrogen and oxygen atoms in total. The van der Waals surface area contributed by atoms with Crippen LogP contribution in [0.25, 0.3) is 0 Å². The number of hydrogen-bond donors (Lipinski definition) is 7. The summed E-state index contributed by atoms with van der Waals surface area (Å²) >= 11 is 0. The summed E-state index contributed by atoms with van der Waals surface area (Å²) in [5.74, 6) is -0.132. The van der Waals surface area contributed by atoms with Gasteiger partial charge in [-0.3, -0.25) is 4.79 Å². The van der Waals surface area contributed by atoms with Crippen molar-refractivity contribution < 1.29 is 63.5 Å². The molecule has 0 aromatic carbocycles. The second kappa shape index (κ2) is 15.8. The van der Waals surface area contributed by atoms with Crippen LogP contribution in [0.15, 0.2) is 0 Å². The van der Waals surface area contributed by atoms with Crippen LogP contribution in [0.1, 0.15) is 47.5 Å². The molecule has 3 fully saturated rings. The van der Waals surface area contributed by atoms with Crippen LogP contribution >= 0.6 is 0 Å². The van der Waals surface area contributed by atoms with Crippen molar-refractivity contribution in [2.75, 3.05) is 20.3 Å². The summed E-state index contributed by atoms with van der Waals surface area (Å²) in [6.45, 7) is 9.17. The Labute approximate surface area is 246 Å². The van der Waals surface area contributed by atoms with E-state index in [0.29, 0.717) is 13.0 Å². The lowest BCUT2D eigenvalue weighted by molar-refractivity contribution is -0.373. The first kappa shape index (κ1) is 35.4. The molecule has 15 atom stereocenters. The molecule has 3 aliphatic rings. The first-order chi connectivity index (χ1) is 19.8. The minimum Gasteiger partial charge on any atom is -0.388 e. The normalized spacial score (nSPS) is 44.7. The van der Waals surface area contributed by atoms with Crippen molar-refractivity contribution in [3.8, 4) is 0 Å². The summed E-state index contributed by atoms with van der Waals surface area (Å²) in [5.41, 5.74) is 5.50. The highest BCUT2D eigenvalue weighted by Crippen LogP contribution is 2.33. The Balaban J connectivity index is 1.72. The quantitative estimate of drug-likeness (QED) is 0.116. The number of nitrogens with one attached hydrogen (secondary N) is 1. The number of carbonyl (C=O) groups excluding carboxylic acids is 1. The molecule has 15 heteroatoms.